The molecule has 0 spiro atoms. The molecule has 0 rings (SSSR count). The Morgan fingerprint density at radius 1 is 1.40 bits per heavy atom. The molecule has 0 atom stereocenters. The number of hydrogen-bond acceptors (Lipinski definition) is 5. The summed E-state index contributed by atoms with van der Waals surface area (Å²) in [5.41, 5.74) is 0. The molecule has 0 fully saturated rings. The van der Waals surface area contributed by atoms with Crippen molar-refractivity contribution >= 4 is 29.0 Å². The third-order valence-corrected chi connectivity index (χ3v) is 0. The third-order valence-electron chi connectivity index (χ3n) is 0. The van der Waals surface area contributed by atoms with Crippen LogP contribution in [0.2, 0.25) is 0 Å². The molecule has 0 heterocycles. The number of carboxylic acid groups (broad SMARTS) is 1. The summed E-state index contributed by atoms with van der Waals surface area (Å²) in [6, 6.07) is 0. The van der Waals surface area contributed by atoms with Crippen LogP contribution in [0.25, 0.3) is 0 Å². The summed E-state index contributed by atoms with van der Waals surface area (Å²) >= 11 is 0. The molecule has 0 N–H and O–H groups in total. The minimum absolute atomic E-state index is 0. The summed E-state index contributed by atoms with van der Waals surface area (Å²) in [7, 11) is 0. The van der Waals surface area contributed by atoms with E-state index in [0.29, 0.717) is 0 Å². The first-order chi connectivity index (χ1) is 3.46. The van der Waals surface area contributed by atoms with Crippen LogP contribution < -0.4 is 34.7 Å². The first kappa shape index (κ1) is 22.4. The number of carboxylic acids is 1. The van der Waals surface area contributed by atoms with Gasteiger partial charge in [-0.1, -0.05) is 0 Å². The fraction of sp³-hybridized carbons (Fsp3) is 0.500. The molecule has 0 aliphatic heterocycles. The third kappa shape index (κ3) is 2450. The molecule has 0 aromatic rings. The Labute approximate surface area is 95.2 Å². The van der Waals surface area contributed by atoms with Crippen molar-refractivity contribution in [2.45, 2.75) is 6.92 Å². The second-order valence-corrected chi connectivity index (χ2v) is 0.715. The molecule has 48 valence electrons. The van der Waals surface area contributed by atoms with E-state index >= 15 is 0 Å². The number of rotatable bonds is 0. The summed E-state index contributed by atoms with van der Waals surface area (Å²) in [6.07, 6.45) is 0. The monoisotopic (exact) mass is 168 g/mol. The number of hydrogen-bond donors (Lipinski definition) is 0. The Kier molecular flexibility index (Phi) is 36.4. The molecule has 0 radical (unpaired) electrons. The van der Waals surface area contributed by atoms with Gasteiger partial charge in [0.25, 0.3) is 0 Å². The van der Waals surface area contributed by atoms with E-state index in [1.54, 1.807) is 0 Å². The van der Waals surface area contributed by atoms with Gasteiger partial charge in [-0.2, -0.15) is 0 Å². The van der Waals surface area contributed by atoms with E-state index in [0.717, 1.165) is 6.92 Å². The van der Waals surface area contributed by atoms with Crippen molar-refractivity contribution in [1.29, 1.82) is 0 Å². The molecular formula is C2H3MgNNaO5+. The molecule has 6 nitrogen and oxygen atoms in total. The minimum Gasteiger partial charge on any atom is -0.550 e. The average Bonchev–Trinajstić information content (AvgIpc) is 1.25. The van der Waals surface area contributed by atoms with Gasteiger partial charge in [-0.25, -0.2) is 0 Å². The molecule has 0 aliphatic carbocycles. The summed E-state index contributed by atoms with van der Waals surface area (Å²) in [5.74, 6) is -1.08. The largest absolute Gasteiger partial charge is 2.00 e. The summed E-state index contributed by atoms with van der Waals surface area (Å²) in [4.78, 5) is 17.1. The van der Waals surface area contributed by atoms with Crippen LogP contribution in [0.4, 0.5) is 0 Å². The maximum atomic E-state index is 8.89. The molecule has 8 heteroatoms. The van der Waals surface area contributed by atoms with Crippen molar-refractivity contribution in [2.24, 2.45) is 0 Å². The van der Waals surface area contributed by atoms with E-state index in [1.165, 1.54) is 0 Å². The van der Waals surface area contributed by atoms with Crippen LogP contribution in [0.5, 0.6) is 0 Å². The van der Waals surface area contributed by atoms with Crippen LogP contribution in [0.3, 0.4) is 0 Å². The van der Waals surface area contributed by atoms with Crippen molar-refractivity contribution in [2.75, 3.05) is 0 Å². The summed E-state index contributed by atoms with van der Waals surface area (Å²) in [6.45, 7) is 0.972. The van der Waals surface area contributed by atoms with E-state index in [-0.39, 0.29) is 52.6 Å². The standard InChI is InChI=1S/C2H4O2.Mg.NO3.Na/c1-2(3)4;;2-1(3)4;/h1H3,(H,3,4);;;/q;+2;-1;+1/p-1. The van der Waals surface area contributed by atoms with Gasteiger partial charge in [0, 0.05) is 5.97 Å². The summed E-state index contributed by atoms with van der Waals surface area (Å²) in [5, 5.41) is 23.6. The van der Waals surface area contributed by atoms with Crippen molar-refractivity contribution in [3.05, 3.63) is 15.3 Å². The molecule has 0 unspecified atom stereocenters. The van der Waals surface area contributed by atoms with Crippen molar-refractivity contribution in [3.8, 4) is 0 Å². The molecule has 0 saturated heterocycles. The fourth-order valence-corrected chi connectivity index (χ4v) is 0. The first-order valence-electron chi connectivity index (χ1n) is 1.46. The van der Waals surface area contributed by atoms with Gasteiger partial charge in [0.05, 0.1) is 5.09 Å². The number of carbonyl (C=O) groups is 1. The van der Waals surface area contributed by atoms with Gasteiger partial charge in [0.15, 0.2) is 0 Å². The second-order valence-electron chi connectivity index (χ2n) is 0.715. The second kappa shape index (κ2) is 16.2. The van der Waals surface area contributed by atoms with Gasteiger partial charge >= 0.3 is 52.6 Å². The van der Waals surface area contributed by atoms with E-state index in [4.69, 9.17) is 25.2 Å². The molecule has 0 aromatic heterocycles. The van der Waals surface area contributed by atoms with Crippen LogP contribution in [0.15, 0.2) is 0 Å². The maximum absolute atomic E-state index is 8.89. The molecular weight excluding hydrogens is 165 g/mol. The van der Waals surface area contributed by atoms with E-state index in [9.17, 15) is 0 Å². The molecule has 0 amide bonds. The fourth-order valence-electron chi connectivity index (χ4n) is 0. The predicted molar refractivity (Wildman–Crippen MR) is 26.8 cm³/mol. The predicted octanol–water partition coefficient (Wildman–Crippen LogP) is -4.86. The first-order valence-corrected chi connectivity index (χ1v) is 1.46. The van der Waals surface area contributed by atoms with Gasteiger partial charge in [-0.05, 0) is 6.92 Å². The zero-order valence-corrected chi connectivity index (χ0v) is 9.11. The van der Waals surface area contributed by atoms with Crippen molar-refractivity contribution in [1.82, 2.24) is 0 Å². The van der Waals surface area contributed by atoms with Gasteiger partial charge in [-0.3, -0.25) is 0 Å². The molecule has 0 bridgehead atoms. The van der Waals surface area contributed by atoms with Gasteiger partial charge < -0.3 is 25.2 Å². The Morgan fingerprint density at radius 3 is 1.40 bits per heavy atom. The normalized spacial score (nSPS) is 4.90. The SMILES string of the molecule is CC(=O)[O-].O=[N+]([O-])[O-].[Mg+2].[Na+]. The van der Waals surface area contributed by atoms with E-state index in [2.05, 4.69) is 0 Å². The zero-order chi connectivity index (χ0) is 7.15. The maximum Gasteiger partial charge on any atom is 2.00 e. The van der Waals surface area contributed by atoms with Crippen molar-refractivity contribution < 1.29 is 44.5 Å². The minimum atomic E-state index is -1.75. The smallest absolute Gasteiger partial charge is 0.550 e. The Morgan fingerprint density at radius 2 is 1.40 bits per heavy atom. The molecule has 0 aromatic carbocycles. The molecule has 0 saturated carbocycles. The number of nitrogens with zero attached hydrogens (tertiary/aromatic N) is 1. The van der Waals surface area contributed by atoms with Crippen LogP contribution in [-0.4, -0.2) is 34.1 Å². The number of carbonyl (C=O) groups excluding carboxylic acids is 1. The van der Waals surface area contributed by atoms with Gasteiger partial charge in [0.2, 0.25) is 0 Å². The van der Waals surface area contributed by atoms with Gasteiger partial charge in [-0.15, -0.1) is 0 Å². The topological polar surface area (TPSA) is 106 Å². The average molecular weight is 168 g/mol. The number of aliphatic carboxylic acids is 1. The van der Waals surface area contributed by atoms with Crippen molar-refractivity contribution in [3.63, 3.8) is 0 Å². The summed E-state index contributed by atoms with van der Waals surface area (Å²) < 4.78 is 0. The quantitative estimate of drug-likeness (QED) is 0.205. The van der Waals surface area contributed by atoms with Gasteiger partial charge in [0.1, 0.15) is 0 Å². The van der Waals surface area contributed by atoms with Crippen LogP contribution >= 0.6 is 0 Å². The van der Waals surface area contributed by atoms with E-state index < -0.39 is 11.1 Å². The van der Waals surface area contributed by atoms with E-state index in [1.807, 2.05) is 0 Å². The zero-order valence-electron chi connectivity index (χ0n) is 5.70. The molecule has 10 heavy (non-hydrogen) atoms. The van der Waals surface area contributed by atoms with Crippen LogP contribution in [-0.2, 0) is 4.79 Å². The van der Waals surface area contributed by atoms with Crippen LogP contribution in [0.1, 0.15) is 6.92 Å². The van der Waals surface area contributed by atoms with Crippen LogP contribution in [0, 0.1) is 15.3 Å². The Hall–Kier alpha value is 0.436. The molecule has 0 aliphatic rings. The Bertz CT molecular complexity index is 77.6. The Balaban J connectivity index is -0.0000000300.